The van der Waals surface area contributed by atoms with Crippen LogP contribution in [-0.2, 0) is 11.2 Å². The first-order chi connectivity index (χ1) is 9.65. The lowest BCUT2D eigenvalue weighted by Crippen LogP contribution is -2.43. The fraction of sp³-hybridized carbons (Fsp3) is 0.562. The number of fused-ring (bicyclic) bond motifs is 1. The van der Waals surface area contributed by atoms with E-state index in [0.717, 1.165) is 44.8 Å². The predicted octanol–water partition coefficient (Wildman–Crippen LogP) is 1.64. The zero-order chi connectivity index (χ0) is 14.1. The van der Waals surface area contributed by atoms with Crippen LogP contribution in [0.15, 0.2) is 18.2 Å². The highest BCUT2D eigenvalue weighted by atomic mass is 16.2. The fourth-order valence-electron chi connectivity index (χ4n) is 3.27. The Morgan fingerprint density at radius 2 is 2.05 bits per heavy atom. The van der Waals surface area contributed by atoms with Crippen molar-refractivity contribution < 1.29 is 4.79 Å². The number of piperazine rings is 1. The van der Waals surface area contributed by atoms with Gasteiger partial charge in [-0.15, -0.1) is 0 Å². The highest BCUT2D eigenvalue weighted by Gasteiger charge is 2.25. The van der Waals surface area contributed by atoms with Crippen LogP contribution in [-0.4, -0.2) is 38.6 Å². The standard InChI is InChI=1S/C16H23N3O/c1-12-9-14-10-15(18-7-5-17-6-8-18)3-4-16(14)19(11-12)13(2)20/h3-4,10,12,17H,5-9,11H2,1-2H3. The molecule has 4 nitrogen and oxygen atoms in total. The zero-order valence-electron chi connectivity index (χ0n) is 12.4. The Balaban J connectivity index is 1.91. The molecule has 108 valence electrons. The number of benzene rings is 1. The summed E-state index contributed by atoms with van der Waals surface area (Å²) >= 11 is 0. The maximum Gasteiger partial charge on any atom is 0.223 e. The summed E-state index contributed by atoms with van der Waals surface area (Å²) in [6.45, 7) is 8.94. The highest BCUT2D eigenvalue weighted by molar-refractivity contribution is 5.93. The molecule has 1 saturated heterocycles. The average Bonchev–Trinajstić information content (AvgIpc) is 2.46. The van der Waals surface area contributed by atoms with Crippen molar-refractivity contribution in [2.75, 3.05) is 42.5 Å². The molecule has 1 amide bonds. The Morgan fingerprint density at radius 3 is 2.75 bits per heavy atom. The number of anilines is 2. The molecule has 0 saturated carbocycles. The molecule has 0 aliphatic carbocycles. The van der Waals surface area contributed by atoms with E-state index in [1.54, 1.807) is 6.92 Å². The molecule has 1 aromatic carbocycles. The van der Waals surface area contributed by atoms with Gasteiger partial charge >= 0.3 is 0 Å². The van der Waals surface area contributed by atoms with Crippen LogP contribution in [0.1, 0.15) is 19.4 Å². The molecule has 2 aliphatic rings. The number of hydrogen-bond donors (Lipinski definition) is 1. The SMILES string of the molecule is CC(=O)N1CC(C)Cc2cc(N3CCNCC3)ccc21. The summed E-state index contributed by atoms with van der Waals surface area (Å²) in [7, 11) is 0. The summed E-state index contributed by atoms with van der Waals surface area (Å²) in [6.07, 6.45) is 1.07. The van der Waals surface area contributed by atoms with Gasteiger partial charge in [0.05, 0.1) is 0 Å². The highest BCUT2D eigenvalue weighted by Crippen LogP contribution is 2.33. The van der Waals surface area contributed by atoms with Crippen LogP contribution in [0.25, 0.3) is 0 Å². The van der Waals surface area contributed by atoms with E-state index < -0.39 is 0 Å². The topological polar surface area (TPSA) is 35.6 Å². The molecule has 1 atom stereocenters. The number of carbonyl (C=O) groups is 1. The largest absolute Gasteiger partial charge is 0.369 e. The Labute approximate surface area is 120 Å². The van der Waals surface area contributed by atoms with Crippen molar-refractivity contribution in [3.05, 3.63) is 23.8 Å². The molecule has 2 heterocycles. The maximum atomic E-state index is 11.8. The van der Waals surface area contributed by atoms with Crippen LogP contribution in [0.3, 0.4) is 0 Å². The summed E-state index contributed by atoms with van der Waals surface area (Å²) in [5, 5.41) is 3.38. The number of nitrogens with zero attached hydrogens (tertiary/aromatic N) is 2. The third kappa shape index (κ3) is 2.52. The average molecular weight is 273 g/mol. The second kappa shape index (κ2) is 5.44. The quantitative estimate of drug-likeness (QED) is 0.845. The number of amides is 1. The minimum absolute atomic E-state index is 0.146. The Bertz CT molecular complexity index is 508. The molecule has 4 heteroatoms. The Hall–Kier alpha value is -1.55. The molecule has 3 rings (SSSR count). The lowest BCUT2D eigenvalue weighted by molar-refractivity contribution is -0.116. The predicted molar refractivity (Wildman–Crippen MR) is 82.4 cm³/mol. The van der Waals surface area contributed by atoms with E-state index >= 15 is 0 Å². The van der Waals surface area contributed by atoms with Gasteiger partial charge in [0.15, 0.2) is 0 Å². The molecule has 2 aliphatic heterocycles. The van der Waals surface area contributed by atoms with E-state index in [1.165, 1.54) is 11.3 Å². The third-order valence-electron chi connectivity index (χ3n) is 4.28. The summed E-state index contributed by atoms with van der Waals surface area (Å²) in [5.74, 6) is 0.678. The van der Waals surface area contributed by atoms with E-state index in [0.29, 0.717) is 5.92 Å². The number of rotatable bonds is 1. The second-order valence-corrected chi connectivity index (χ2v) is 5.99. The molecular formula is C16H23N3O. The number of carbonyl (C=O) groups excluding carboxylic acids is 1. The lowest BCUT2D eigenvalue weighted by atomic mass is 9.93. The van der Waals surface area contributed by atoms with Gasteiger partial charge in [-0.2, -0.15) is 0 Å². The Kier molecular flexibility index (Phi) is 3.66. The van der Waals surface area contributed by atoms with Crippen molar-refractivity contribution in [2.45, 2.75) is 20.3 Å². The van der Waals surface area contributed by atoms with Crippen molar-refractivity contribution in [2.24, 2.45) is 5.92 Å². The molecule has 20 heavy (non-hydrogen) atoms. The van der Waals surface area contributed by atoms with Crippen LogP contribution >= 0.6 is 0 Å². The van der Waals surface area contributed by atoms with Gasteiger partial charge in [0.25, 0.3) is 0 Å². The first-order valence-electron chi connectivity index (χ1n) is 7.52. The smallest absolute Gasteiger partial charge is 0.223 e. The summed E-state index contributed by atoms with van der Waals surface area (Å²) < 4.78 is 0. The third-order valence-corrected chi connectivity index (χ3v) is 4.28. The lowest BCUT2D eigenvalue weighted by Gasteiger charge is -2.35. The van der Waals surface area contributed by atoms with E-state index in [4.69, 9.17) is 0 Å². The second-order valence-electron chi connectivity index (χ2n) is 5.99. The molecule has 1 N–H and O–H groups in total. The first-order valence-corrected chi connectivity index (χ1v) is 7.52. The van der Waals surface area contributed by atoms with E-state index in [1.807, 2.05) is 4.90 Å². The molecule has 1 aromatic rings. The van der Waals surface area contributed by atoms with E-state index in [9.17, 15) is 4.79 Å². The van der Waals surface area contributed by atoms with Gasteiger partial charge in [-0.1, -0.05) is 6.92 Å². The monoisotopic (exact) mass is 273 g/mol. The molecular weight excluding hydrogens is 250 g/mol. The molecule has 1 unspecified atom stereocenters. The minimum Gasteiger partial charge on any atom is -0.369 e. The normalized spacial score (nSPS) is 22.6. The van der Waals surface area contributed by atoms with Crippen molar-refractivity contribution in [3.63, 3.8) is 0 Å². The molecule has 0 aromatic heterocycles. The van der Waals surface area contributed by atoms with Gasteiger partial charge in [0.2, 0.25) is 5.91 Å². The number of nitrogens with one attached hydrogen (secondary N) is 1. The summed E-state index contributed by atoms with van der Waals surface area (Å²) in [6, 6.07) is 6.57. The number of hydrogen-bond acceptors (Lipinski definition) is 3. The molecule has 1 fully saturated rings. The van der Waals surface area contributed by atoms with E-state index in [2.05, 4.69) is 35.3 Å². The Morgan fingerprint density at radius 1 is 1.30 bits per heavy atom. The van der Waals surface area contributed by atoms with Gasteiger partial charge < -0.3 is 15.1 Å². The van der Waals surface area contributed by atoms with E-state index in [-0.39, 0.29) is 5.91 Å². The zero-order valence-corrected chi connectivity index (χ0v) is 12.4. The van der Waals surface area contributed by atoms with Gasteiger partial charge in [-0.25, -0.2) is 0 Å². The molecule has 0 spiro atoms. The first kappa shape index (κ1) is 13.4. The van der Waals surface area contributed by atoms with Gasteiger partial charge in [0, 0.05) is 51.0 Å². The summed E-state index contributed by atoms with van der Waals surface area (Å²) in [5.41, 5.74) is 3.72. The van der Waals surface area contributed by atoms with Crippen LogP contribution in [0, 0.1) is 5.92 Å². The van der Waals surface area contributed by atoms with Crippen LogP contribution in [0.2, 0.25) is 0 Å². The van der Waals surface area contributed by atoms with Crippen LogP contribution in [0.5, 0.6) is 0 Å². The van der Waals surface area contributed by atoms with Gasteiger partial charge in [-0.3, -0.25) is 4.79 Å². The van der Waals surface area contributed by atoms with Crippen molar-refractivity contribution >= 4 is 17.3 Å². The van der Waals surface area contributed by atoms with Gasteiger partial charge in [-0.05, 0) is 36.1 Å². The van der Waals surface area contributed by atoms with Crippen molar-refractivity contribution in [3.8, 4) is 0 Å². The van der Waals surface area contributed by atoms with Crippen LogP contribution in [0.4, 0.5) is 11.4 Å². The molecule has 0 radical (unpaired) electrons. The van der Waals surface area contributed by atoms with Gasteiger partial charge in [0.1, 0.15) is 0 Å². The van der Waals surface area contributed by atoms with Crippen molar-refractivity contribution in [1.29, 1.82) is 0 Å². The maximum absolute atomic E-state index is 11.8. The van der Waals surface area contributed by atoms with Crippen molar-refractivity contribution in [1.82, 2.24) is 5.32 Å². The minimum atomic E-state index is 0.146. The fourth-order valence-corrected chi connectivity index (χ4v) is 3.27. The summed E-state index contributed by atoms with van der Waals surface area (Å²) in [4.78, 5) is 16.1. The van der Waals surface area contributed by atoms with Crippen LogP contribution < -0.4 is 15.1 Å². The molecule has 0 bridgehead atoms.